The number of hydrogen-bond donors (Lipinski definition) is 0. The molecule has 0 fully saturated rings. The Bertz CT molecular complexity index is 944. The van der Waals surface area contributed by atoms with Crippen molar-refractivity contribution in [2.75, 3.05) is 0 Å². The van der Waals surface area contributed by atoms with E-state index in [9.17, 15) is 15.3 Å². The maximum atomic E-state index is 13.1. The van der Waals surface area contributed by atoms with Crippen LogP contribution in [0.2, 0.25) is 5.02 Å². The van der Waals surface area contributed by atoms with Crippen molar-refractivity contribution in [3.8, 4) is 12.1 Å². The van der Waals surface area contributed by atoms with E-state index in [1.165, 1.54) is 5.01 Å². The van der Waals surface area contributed by atoms with E-state index in [-0.39, 0.29) is 5.91 Å². The summed E-state index contributed by atoms with van der Waals surface area (Å²) >= 11 is 6.10. The van der Waals surface area contributed by atoms with Gasteiger partial charge in [-0.2, -0.15) is 15.6 Å². The average Bonchev–Trinajstić information content (AvgIpc) is 2.94. The van der Waals surface area contributed by atoms with Crippen molar-refractivity contribution in [1.82, 2.24) is 5.01 Å². The summed E-state index contributed by atoms with van der Waals surface area (Å²) in [6.45, 7) is 2.11. The van der Waals surface area contributed by atoms with E-state index in [4.69, 9.17) is 11.6 Å². The topological polar surface area (TPSA) is 80.2 Å². The van der Waals surface area contributed by atoms with Crippen LogP contribution >= 0.6 is 11.6 Å². The zero-order valence-corrected chi connectivity index (χ0v) is 15.5. The number of hydrogen-bond acceptors (Lipinski definition) is 4. The normalized spacial score (nSPS) is 17.4. The first kappa shape index (κ1) is 18.6. The first-order valence-corrected chi connectivity index (χ1v) is 8.88. The molecule has 0 bridgehead atoms. The first-order valence-electron chi connectivity index (χ1n) is 8.50. The second kappa shape index (κ2) is 8.03. The molecular formula is C21H17ClN4O. The van der Waals surface area contributed by atoms with E-state index in [1.807, 2.05) is 42.5 Å². The molecule has 3 rings (SSSR count). The molecule has 6 heteroatoms. The Kier molecular flexibility index (Phi) is 5.54. The third-order valence-electron chi connectivity index (χ3n) is 4.65. The minimum Gasteiger partial charge on any atom is -0.272 e. The molecule has 0 aliphatic carbocycles. The van der Waals surface area contributed by atoms with Crippen LogP contribution in [0.3, 0.4) is 0 Å². The van der Waals surface area contributed by atoms with Crippen molar-refractivity contribution in [2.24, 2.45) is 16.9 Å². The zero-order valence-electron chi connectivity index (χ0n) is 14.7. The summed E-state index contributed by atoms with van der Waals surface area (Å²) in [5.41, 5.74) is 2.24. The van der Waals surface area contributed by atoms with Crippen LogP contribution in [0.4, 0.5) is 0 Å². The van der Waals surface area contributed by atoms with Crippen molar-refractivity contribution in [3.05, 3.63) is 70.7 Å². The summed E-state index contributed by atoms with van der Waals surface area (Å²) in [4.78, 5) is 13.1. The standard InChI is InChI=1S/C21H17ClN4O/c1-14-19(21(27)26(25-14)13-15-6-3-2-4-7-15)20(17(11-23)12-24)16-8-5-9-18(22)10-16/h2-10,17,19-20H,13H2,1H3. The van der Waals surface area contributed by atoms with E-state index in [0.717, 1.165) is 5.56 Å². The number of carbonyl (C=O) groups excluding carboxylic acids is 1. The molecule has 27 heavy (non-hydrogen) atoms. The van der Waals surface area contributed by atoms with E-state index in [0.29, 0.717) is 22.8 Å². The zero-order chi connectivity index (χ0) is 19.4. The molecule has 2 unspecified atom stereocenters. The SMILES string of the molecule is CC1=NN(Cc2ccccc2)C(=O)C1C(c1cccc(Cl)c1)C(C#N)C#N. The molecule has 0 radical (unpaired) electrons. The Morgan fingerprint density at radius 3 is 2.48 bits per heavy atom. The molecule has 5 nitrogen and oxygen atoms in total. The molecule has 2 atom stereocenters. The van der Waals surface area contributed by atoms with Gasteiger partial charge in [-0.1, -0.05) is 54.1 Å². The maximum Gasteiger partial charge on any atom is 0.252 e. The summed E-state index contributed by atoms with van der Waals surface area (Å²) in [5, 5.41) is 25.3. The quantitative estimate of drug-likeness (QED) is 0.787. The van der Waals surface area contributed by atoms with Crippen molar-refractivity contribution >= 4 is 23.2 Å². The van der Waals surface area contributed by atoms with Gasteiger partial charge in [0.25, 0.3) is 5.91 Å². The fourth-order valence-electron chi connectivity index (χ4n) is 3.40. The van der Waals surface area contributed by atoms with E-state index < -0.39 is 17.8 Å². The van der Waals surface area contributed by atoms with Crippen molar-refractivity contribution in [1.29, 1.82) is 10.5 Å². The number of nitriles is 2. The van der Waals surface area contributed by atoms with Crippen molar-refractivity contribution < 1.29 is 4.79 Å². The summed E-state index contributed by atoms with van der Waals surface area (Å²) in [7, 11) is 0. The maximum absolute atomic E-state index is 13.1. The lowest BCUT2D eigenvalue weighted by atomic mass is 9.76. The lowest BCUT2D eigenvalue weighted by Crippen LogP contribution is -2.34. The van der Waals surface area contributed by atoms with Crippen LogP contribution in [0.25, 0.3) is 0 Å². The molecule has 1 aliphatic rings. The van der Waals surface area contributed by atoms with Gasteiger partial charge in [-0.25, -0.2) is 5.01 Å². The van der Waals surface area contributed by atoms with Gasteiger partial charge in [0.05, 0.1) is 24.6 Å². The van der Waals surface area contributed by atoms with Gasteiger partial charge >= 0.3 is 0 Å². The van der Waals surface area contributed by atoms with Gasteiger partial charge in [-0.05, 0) is 30.2 Å². The summed E-state index contributed by atoms with van der Waals surface area (Å²) in [5.74, 6) is -2.50. The minimum absolute atomic E-state index is 0.211. The van der Waals surface area contributed by atoms with Crippen LogP contribution in [0.1, 0.15) is 24.0 Å². The molecule has 0 N–H and O–H groups in total. The van der Waals surface area contributed by atoms with Crippen LogP contribution in [-0.2, 0) is 11.3 Å². The number of nitrogens with zero attached hydrogens (tertiary/aromatic N) is 4. The Morgan fingerprint density at radius 1 is 1.15 bits per heavy atom. The molecule has 0 spiro atoms. The fraction of sp³-hybridized carbons (Fsp3) is 0.238. The minimum atomic E-state index is -0.987. The molecule has 1 heterocycles. The fourth-order valence-corrected chi connectivity index (χ4v) is 3.60. The van der Waals surface area contributed by atoms with Crippen LogP contribution in [0.5, 0.6) is 0 Å². The number of halogens is 1. The number of rotatable bonds is 5. The Hall–Kier alpha value is -3.15. The number of hydrazone groups is 1. The second-order valence-corrected chi connectivity index (χ2v) is 6.85. The third-order valence-corrected chi connectivity index (χ3v) is 4.89. The smallest absolute Gasteiger partial charge is 0.252 e. The van der Waals surface area contributed by atoms with Gasteiger partial charge < -0.3 is 0 Å². The first-order chi connectivity index (χ1) is 13.0. The molecule has 2 aromatic carbocycles. The Balaban J connectivity index is 1.96. The van der Waals surface area contributed by atoms with Gasteiger partial charge in [0.1, 0.15) is 5.92 Å². The molecule has 134 valence electrons. The highest BCUT2D eigenvalue weighted by molar-refractivity contribution is 6.30. The molecule has 0 saturated heterocycles. The molecule has 0 saturated carbocycles. The number of amides is 1. The Morgan fingerprint density at radius 2 is 1.85 bits per heavy atom. The Labute approximate surface area is 163 Å². The number of benzene rings is 2. The van der Waals surface area contributed by atoms with Crippen molar-refractivity contribution in [3.63, 3.8) is 0 Å². The predicted molar refractivity (Wildman–Crippen MR) is 103 cm³/mol. The molecule has 2 aromatic rings. The van der Waals surface area contributed by atoms with E-state index in [1.54, 1.807) is 31.2 Å². The van der Waals surface area contributed by atoms with Gasteiger partial charge in [0.2, 0.25) is 0 Å². The van der Waals surface area contributed by atoms with Gasteiger partial charge in [-0.3, -0.25) is 4.79 Å². The van der Waals surface area contributed by atoms with Crippen LogP contribution in [0.15, 0.2) is 59.7 Å². The molecule has 1 aliphatic heterocycles. The van der Waals surface area contributed by atoms with Gasteiger partial charge in [0.15, 0.2) is 0 Å². The van der Waals surface area contributed by atoms with Gasteiger partial charge in [0, 0.05) is 16.7 Å². The highest BCUT2D eigenvalue weighted by atomic mass is 35.5. The molecule has 0 aromatic heterocycles. The molecule has 1 amide bonds. The van der Waals surface area contributed by atoms with Gasteiger partial charge in [-0.15, -0.1) is 0 Å². The average molecular weight is 377 g/mol. The summed E-state index contributed by atoms with van der Waals surface area (Å²) in [6.07, 6.45) is 0. The number of carbonyl (C=O) groups is 1. The van der Waals surface area contributed by atoms with Crippen molar-refractivity contribution in [2.45, 2.75) is 19.4 Å². The highest BCUT2D eigenvalue weighted by Crippen LogP contribution is 2.38. The van der Waals surface area contributed by atoms with Crippen LogP contribution in [0, 0.1) is 34.5 Å². The lowest BCUT2D eigenvalue weighted by Gasteiger charge is -2.24. The summed E-state index contributed by atoms with van der Waals surface area (Å²) in [6, 6.07) is 20.6. The van der Waals surface area contributed by atoms with Crippen LogP contribution in [-0.4, -0.2) is 16.6 Å². The highest BCUT2D eigenvalue weighted by Gasteiger charge is 2.43. The van der Waals surface area contributed by atoms with E-state index in [2.05, 4.69) is 5.10 Å². The third kappa shape index (κ3) is 3.84. The largest absolute Gasteiger partial charge is 0.272 e. The predicted octanol–water partition coefficient (Wildman–Crippen LogP) is 4.12. The monoisotopic (exact) mass is 376 g/mol. The molecular weight excluding hydrogens is 360 g/mol. The second-order valence-electron chi connectivity index (χ2n) is 6.42. The van der Waals surface area contributed by atoms with E-state index >= 15 is 0 Å². The van der Waals surface area contributed by atoms with Crippen LogP contribution < -0.4 is 0 Å². The lowest BCUT2D eigenvalue weighted by molar-refractivity contribution is -0.133. The summed E-state index contributed by atoms with van der Waals surface area (Å²) < 4.78 is 0.